The lowest BCUT2D eigenvalue weighted by atomic mass is 9.87. The van der Waals surface area contributed by atoms with Gasteiger partial charge in [-0.15, -0.1) is 0 Å². The first-order valence-corrected chi connectivity index (χ1v) is 11.3. The van der Waals surface area contributed by atoms with Crippen molar-refractivity contribution in [2.24, 2.45) is 7.05 Å². The van der Waals surface area contributed by atoms with Crippen LogP contribution >= 0.6 is 0 Å². The molecule has 1 amide bonds. The molecule has 3 aromatic rings. The van der Waals surface area contributed by atoms with Crippen LogP contribution in [0.4, 0.5) is 8.78 Å². The van der Waals surface area contributed by atoms with Gasteiger partial charge in [0.2, 0.25) is 0 Å². The molecule has 0 bridgehead atoms. The lowest BCUT2D eigenvalue weighted by Gasteiger charge is -2.41. The van der Waals surface area contributed by atoms with Gasteiger partial charge >= 0.3 is 0 Å². The van der Waals surface area contributed by atoms with E-state index in [1.54, 1.807) is 17.9 Å². The molecule has 1 aromatic carbocycles. The molecule has 6 nitrogen and oxygen atoms in total. The fraction of sp³-hybridized carbons (Fsp3) is 0.458. The predicted molar refractivity (Wildman–Crippen MR) is 116 cm³/mol. The zero-order chi connectivity index (χ0) is 22.6. The second-order valence-corrected chi connectivity index (χ2v) is 8.87. The molecule has 0 radical (unpaired) electrons. The highest BCUT2D eigenvalue weighted by molar-refractivity contribution is 5.96. The van der Waals surface area contributed by atoms with Crippen molar-refractivity contribution >= 4 is 5.91 Å². The Hall–Kier alpha value is -3.03. The molecule has 2 unspecified atom stereocenters. The first-order chi connectivity index (χ1) is 15.4. The third kappa shape index (κ3) is 3.32. The van der Waals surface area contributed by atoms with Gasteiger partial charge in [-0.25, -0.2) is 8.78 Å². The number of aryl methyl sites for hydroxylation is 1. The Bertz CT molecular complexity index is 1160. The van der Waals surface area contributed by atoms with E-state index in [1.807, 2.05) is 11.8 Å². The fourth-order valence-electron chi connectivity index (χ4n) is 5.16. The van der Waals surface area contributed by atoms with Crippen LogP contribution in [0.1, 0.15) is 78.8 Å². The molecule has 1 fully saturated rings. The highest BCUT2D eigenvalue weighted by Crippen LogP contribution is 2.44. The van der Waals surface area contributed by atoms with E-state index < -0.39 is 11.6 Å². The topological polar surface area (TPSA) is 66.8 Å². The summed E-state index contributed by atoms with van der Waals surface area (Å²) in [4.78, 5) is 15.7. The van der Waals surface area contributed by atoms with Gasteiger partial charge in [-0.05, 0) is 44.2 Å². The van der Waals surface area contributed by atoms with E-state index in [4.69, 9.17) is 5.10 Å². The maximum Gasteiger partial charge on any atom is 0.258 e. The summed E-state index contributed by atoms with van der Waals surface area (Å²) in [7, 11) is 1.79. The number of hydrogen-bond acceptors (Lipinski definition) is 3. The van der Waals surface area contributed by atoms with Gasteiger partial charge in [0.15, 0.2) is 0 Å². The molecule has 168 valence electrons. The van der Waals surface area contributed by atoms with Crippen LogP contribution in [0.25, 0.3) is 11.3 Å². The number of benzene rings is 1. The minimum atomic E-state index is -0.616. The molecule has 8 heteroatoms. The summed E-state index contributed by atoms with van der Waals surface area (Å²) in [6.07, 6.45) is 5.85. The highest BCUT2D eigenvalue weighted by Gasteiger charge is 2.42. The monoisotopic (exact) mass is 439 g/mol. The van der Waals surface area contributed by atoms with E-state index in [-0.39, 0.29) is 18.0 Å². The van der Waals surface area contributed by atoms with Gasteiger partial charge in [0.1, 0.15) is 11.6 Å². The molecule has 5 rings (SSSR count). The third-order valence-electron chi connectivity index (χ3n) is 6.77. The predicted octanol–water partition coefficient (Wildman–Crippen LogP) is 4.89. The number of rotatable bonds is 5. The number of nitrogens with zero attached hydrogens (tertiary/aromatic N) is 4. The molecule has 2 aliphatic rings. The van der Waals surface area contributed by atoms with Gasteiger partial charge in [0.25, 0.3) is 5.91 Å². The number of carbonyl (C=O) groups is 1. The molecular weight excluding hydrogens is 412 g/mol. The smallest absolute Gasteiger partial charge is 0.258 e. The first-order valence-electron chi connectivity index (χ1n) is 11.3. The van der Waals surface area contributed by atoms with Gasteiger partial charge in [0, 0.05) is 36.2 Å². The zero-order valence-electron chi connectivity index (χ0n) is 18.5. The zero-order valence-corrected chi connectivity index (χ0v) is 18.5. The summed E-state index contributed by atoms with van der Waals surface area (Å²) in [6.45, 7) is 4.11. The lowest BCUT2D eigenvalue weighted by molar-refractivity contribution is 0.0512. The molecule has 2 aromatic heterocycles. The second-order valence-electron chi connectivity index (χ2n) is 8.87. The van der Waals surface area contributed by atoms with Crippen molar-refractivity contribution in [1.82, 2.24) is 24.9 Å². The molecule has 0 spiro atoms. The van der Waals surface area contributed by atoms with Gasteiger partial charge in [-0.1, -0.05) is 13.8 Å². The van der Waals surface area contributed by atoms with Crippen molar-refractivity contribution < 1.29 is 13.6 Å². The largest absolute Gasteiger partial charge is 0.327 e. The van der Waals surface area contributed by atoms with E-state index >= 15 is 0 Å². The van der Waals surface area contributed by atoms with Crippen LogP contribution in [0.2, 0.25) is 0 Å². The average Bonchev–Trinajstić information content (AvgIpc) is 3.38. The normalized spacial score (nSPS) is 20.5. The number of nitrogens with one attached hydrogen (secondary N) is 1. The van der Waals surface area contributed by atoms with Crippen LogP contribution < -0.4 is 0 Å². The van der Waals surface area contributed by atoms with E-state index in [0.29, 0.717) is 35.6 Å². The molecular formula is C24H27F2N5O. The van der Waals surface area contributed by atoms with Crippen molar-refractivity contribution in [2.75, 3.05) is 0 Å². The Morgan fingerprint density at radius 2 is 1.88 bits per heavy atom. The molecule has 0 saturated heterocycles. The molecule has 1 aliphatic heterocycles. The van der Waals surface area contributed by atoms with E-state index in [2.05, 4.69) is 17.1 Å². The quantitative estimate of drug-likeness (QED) is 0.615. The van der Waals surface area contributed by atoms with Crippen molar-refractivity contribution in [1.29, 1.82) is 0 Å². The van der Waals surface area contributed by atoms with E-state index in [9.17, 15) is 13.6 Å². The maximum absolute atomic E-state index is 14.0. The van der Waals surface area contributed by atoms with Crippen LogP contribution in [0, 0.1) is 11.6 Å². The van der Waals surface area contributed by atoms with Crippen LogP contribution in [-0.4, -0.2) is 36.8 Å². The molecule has 32 heavy (non-hydrogen) atoms. The lowest BCUT2D eigenvalue weighted by Crippen LogP contribution is -2.47. The van der Waals surface area contributed by atoms with Crippen molar-refractivity contribution in [3.63, 3.8) is 0 Å². The standard InChI is InChI=1S/C24H27F2N5O/c1-4-17-11-18-22(29-30(3)23(18)14-8-15(25)10-16(26)9-14)20(5-2)31(17)24(32)19-12-27-28-21(19)13-6-7-13/h8-10,12-13,17,20H,4-7,11H2,1-3H3,(H,27,28). The fourth-order valence-corrected chi connectivity index (χ4v) is 5.16. The summed E-state index contributed by atoms with van der Waals surface area (Å²) in [5.41, 5.74) is 4.54. The Kier molecular flexibility index (Phi) is 5.10. The summed E-state index contributed by atoms with van der Waals surface area (Å²) in [6, 6.07) is 3.30. The molecule has 1 saturated carbocycles. The molecule has 1 aliphatic carbocycles. The van der Waals surface area contributed by atoms with Crippen molar-refractivity contribution in [3.05, 3.63) is 58.5 Å². The van der Waals surface area contributed by atoms with Crippen molar-refractivity contribution in [3.8, 4) is 11.3 Å². The van der Waals surface area contributed by atoms with Crippen molar-refractivity contribution in [2.45, 2.75) is 64.0 Å². The Morgan fingerprint density at radius 3 is 2.50 bits per heavy atom. The van der Waals surface area contributed by atoms with Crippen LogP contribution in [-0.2, 0) is 13.5 Å². The third-order valence-corrected chi connectivity index (χ3v) is 6.77. The number of aromatic amines is 1. The average molecular weight is 440 g/mol. The molecule has 3 heterocycles. The summed E-state index contributed by atoms with van der Waals surface area (Å²) in [5, 5.41) is 11.9. The number of H-pyrrole nitrogens is 1. The van der Waals surface area contributed by atoms with Crippen LogP contribution in [0.5, 0.6) is 0 Å². The summed E-state index contributed by atoms with van der Waals surface area (Å²) < 4.78 is 29.6. The number of hydrogen-bond donors (Lipinski definition) is 1. The number of halogens is 2. The summed E-state index contributed by atoms with van der Waals surface area (Å²) >= 11 is 0. The van der Waals surface area contributed by atoms with Crippen LogP contribution in [0.3, 0.4) is 0 Å². The molecule has 2 atom stereocenters. The number of amides is 1. The number of fused-ring (bicyclic) bond motifs is 1. The Balaban J connectivity index is 1.60. The summed E-state index contributed by atoms with van der Waals surface area (Å²) in [5.74, 6) is -0.862. The van der Waals surface area contributed by atoms with Gasteiger partial charge in [0.05, 0.1) is 34.9 Å². The van der Waals surface area contributed by atoms with Gasteiger partial charge in [-0.3, -0.25) is 14.6 Å². The minimum absolute atomic E-state index is 0.0194. The SMILES string of the molecule is CCC1Cc2c(nn(C)c2-c2cc(F)cc(F)c2)C(CC)N1C(=O)c1cn[nH]c1C1CC1. The maximum atomic E-state index is 14.0. The first kappa shape index (κ1) is 20.8. The van der Waals surface area contributed by atoms with Crippen LogP contribution in [0.15, 0.2) is 24.4 Å². The highest BCUT2D eigenvalue weighted by atomic mass is 19.1. The van der Waals surface area contributed by atoms with Gasteiger partial charge < -0.3 is 4.90 Å². The number of aromatic nitrogens is 4. The molecule has 1 N–H and O–H groups in total. The Labute approximate surface area is 185 Å². The van der Waals surface area contributed by atoms with E-state index in [1.165, 1.54) is 12.1 Å². The minimum Gasteiger partial charge on any atom is -0.327 e. The van der Waals surface area contributed by atoms with Gasteiger partial charge in [-0.2, -0.15) is 10.2 Å². The van der Waals surface area contributed by atoms with E-state index in [0.717, 1.165) is 42.3 Å². The second kappa shape index (κ2) is 7.83. The Morgan fingerprint density at radius 1 is 1.16 bits per heavy atom. The number of carbonyl (C=O) groups excluding carboxylic acids is 1.